The average Bonchev–Trinajstić information content (AvgIpc) is 2.37. The molecule has 0 saturated heterocycles. The summed E-state index contributed by atoms with van der Waals surface area (Å²) < 4.78 is 4.70. The summed E-state index contributed by atoms with van der Waals surface area (Å²) in [5, 5.41) is 0. The van der Waals surface area contributed by atoms with E-state index in [2.05, 4.69) is 12.4 Å². The second-order valence-electron chi connectivity index (χ2n) is 4.88. The van der Waals surface area contributed by atoms with Crippen LogP contribution in [0.4, 0.5) is 0 Å². The van der Waals surface area contributed by atoms with E-state index in [1.54, 1.807) is 0 Å². The van der Waals surface area contributed by atoms with Gasteiger partial charge in [-0.3, -0.25) is 4.79 Å². The molecule has 4 heteroatoms. The fourth-order valence-electron chi connectivity index (χ4n) is 2.45. The van der Waals surface area contributed by atoms with Crippen LogP contribution in [-0.4, -0.2) is 19.8 Å². The van der Waals surface area contributed by atoms with Gasteiger partial charge in [-0.1, -0.05) is 26.2 Å². The highest BCUT2D eigenvalue weighted by molar-refractivity contribution is 5.77. The number of nitrogens with one attached hydrogen (secondary N) is 1. The van der Waals surface area contributed by atoms with Crippen molar-refractivity contribution in [3.05, 3.63) is 0 Å². The van der Waals surface area contributed by atoms with E-state index < -0.39 is 0 Å². The lowest BCUT2D eigenvalue weighted by atomic mass is 9.79. The largest absolute Gasteiger partial charge is 0.356 e. The van der Waals surface area contributed by atoms with Crippen molar-refractivity contribution in [1.82, 2.24) is 5.48 Å². The van der Waals surface area contributed by atoms with E-state index in [9.17, 15) is 4.79 Å². The number of carbonyl (C=O) groups is 1. The van der Waals surface area contributed by atoms with Crippen LogP contribution in [0.15, 0.2) is 0 Å². The van der Waals surface area contributed by atoms with E-state index in [4.69, 9.17) is 9.57 Å². The third-order valence-corrected chi connectivity index (χ3v) is 3.53. The molecule has 0 spiro atoms. The smallest absolute Gasteiger partial charge is 0.246 e. The first-order valence-electron chi connectivity index (χ1n) is 6.68. The Morgan fingerprint density at radius 1 is 1.29 bits per heavy atom. The van der Waals surface area contributed by atoms with Crippen LogP contribution in [0.25, 0.3) is 0 Å². The van der Waals surface area contributed by atoms with Gasteiger partial charge in [-0.25, -0.2) is 10.3 Å². The highest BCUT2D eigenvalue weighted by Crippen LogP contribution is 2.31. The molecule has 1 rings (SSSR count). The number of unbranched alkanes of at least 4 members (excludes halogenated alkanes) is 1. The fraction of sp³-hybridized carbons (Fsp3) is 0.923. The van der Waals surface area contributed by atoms with Crippen LogP contribution in [0.2, 0.25) is 0 Å². The van der Waals surface area contributed by atoms with E-state index >= 15 is 0 Å². The minimum Gasteiger partial charge on any atom is -0.356 e. The normalized spacial score (nSPS) is 24.6. The molecule has 17 heavy (non-hydrogen) atoms. The van der Waals surface area contributed by atoms with Gasteiger partial charge in [0.25, 0.3) is 0 Å². The number of carbonyl (C=O) groups excluding carboxylic acids is 1. The topological polar surface area (TPSA) is 47.6 Å². The maximum atomic E-state index is 11.7. The summed E-state index contributed by atoms with van der Waals surface area (Å²) in [5.41, 5.74) is 2.45. The molecule has 4 nitrogen and oxygen atoms in total. The minimum absolute atomic E-state index is 0.0102. The third-order valence-electron chi connectivity index (χ3n) is 3.53. The molecule has 0 aliphatic heterocycles. The molecule has 1 aliphatic rings. The molecule has 1 amide bonds. The Kier molecular flexibility index (Phi) is 7.21. The number of hydroxylamine groups is 1. The Bertz CT molecular complexity index is 213. The SMILES string of the molecule is CCCCC1CCC(C(=O)NOCOC)CC1. The molecule has 0 atom stereocenters. The van der Waals surface area contributed by atoms with E-state index in [0.29, 0.717) is 0 Å². The number of ether oxygens (including phenoxy) is 1. The maximum Gasteiger partial charge on any atom is 0.246 e. The summed E-state index contributed by atoms with van der Waals surface area (Å²) in [6.07, 6.45) is 8.27. The Labute approximate surface area is 104 Å². The molecule has 1 N–H and O–H groups in total. The second kappa shape index (κ2) is 8.48. The molecule has 1 fully saturated rings. The van der Waals surface area contributed by atoms with Crippen LogP contribution in [0.3, 0.4) is 0 Å². The van der Waals surface area contributed by atoms with Gasteiger partial charge in [0.15, 0.2) is 6.79 Å². The van der Waals surface area contributed by atoms with Crippen molar-refractivity contribution in [2.75, 3.05) is 13.9 Å². The molecular weight excluding hydrogens is 218 g/mol. The minimum atomic E-state index is 0.0102. The predicted molar refractivity (Wildman–Crippen MR) is 66.1 cm³/mol. The summed E-state index contributed by atoms with van der Waals surface area (Å²) >= 11 is 0. The molecular formula is C13H25NO3. The zero-order chi connectivity index (χ0) is 12.5. The number of hydrogen-bond donors (Lipinski definition) is 1. The monoisotopic (exact) mass is 243 g/mol. The Hall–Kier alpha value is -0.610. The first kappa shape index (κ1) is 14.5. The van der Waals surface area contributed by atoms with Crippen molar-refractivity contribution >= 4 is 5.91 Å². The number of amides is 1. The average molecular weight is 243 g/mol. The predicted octanol–water partition coefficient (Wildman–Crippen LogP) is 2.63. The Morgan fingerprint density at radius 2 is 2.00 bits per heavy atom. The van der Waals surface area contributed by atoms with Crippen molar-refractivity contribution in [2.45, 2.75) is 51.9 Å². The van der Waals surface area contributed by atoms with Crippen molar-refractivity contribution in [3.8, 4) is 0 Å². The molecule has 0 unspecified atom stereocenters. The summed E-state index contributed by atoms with van der Waals surface area (Å²) in [5.74, 6) is 0.972. The van der Waals surface area contributed by atoms with Gasteiger partial charge in [-0.2, -0.15) is 0 Å². The van der Waals surface area contributed by atoms with Gasteiger partial charge in [-0.15, -0.1) is 0 Å². The molecule has 0 aromatic carbocycles. The van der Waals surface area contributed by atoms with Gasteiger partial charge < -0.3 is 4.74 Å². The Morgan fingerprint density at radius 3 is 2.59 bits per heavy atom. The zero-order valence-electron chi connectivity index (χ0n) is 11.0. The lowest BCUT2D eigenvalue weighted by Crippen LogP contribution is -2.33. The second-order valence-corrected chi connectivity index (χ2v) is 4.88. The van der Waals surface area contributed by atoms with Crippen LogP contribution in [0.1, 0.15) is 51.9 Å². The molecule has 0 heterocycles. The molecule has 1 aliphatic carbocycles. The van der Waals surface area contributed by atoms with Gasteiger partial charge in [-0.05, 0) is 31.6 Å². The quantitative estimate of drug-likeness (QED) is 0.425. The van der Waals surface area contributed by atoms with Gasteiger partial charge >= 0.3 is 0 Å². The van der Waals surface area contributed by atoms with Gasteiger partial charge in [0.1, 0.15) is 0 Å². The molecule has 0 aromatic rings. The van der Waals surface area contributed by atoms with E-state index in [1.165, 1.54) is 39.2 Å². The van der Waals surface area contributed by atoms with Crippen molar-refractivity contribution in [3.63, 3.8) is 0 Å². The van der Waals surface area contributed by atoms with Crippen LogP contribution >= 0.6 is 0 Å². The number of rotatable bonds is 7. The number of methoxy groups -OCH3 is 1. The van der Waals surface area contributed by atoms with Gasteiger partial charge in [0.05, 0.1) is 0 Å². The van der Waals surface area contributed by atoms with E-state index in [1.807, 2.05) is 0 Å². The highest BCUT2D eigenvalue weighted by atomic mass is 16.8. The molecule has 1 saturated carbocycles. The van der Waals surface area contributed by atoms with Crippen LogP contribution in [0, 0.1) is 11.8 Å². The third kappa shape index (κ3) is 5.50. The molecule has 0 radical (unpaired) electrons. The van der Waals surface area contributed by atoms with Crippen LogP contribution in [0.5, 0.6) is 0 Å². The molecule has 100 valence electrons. The summed E-state index contributed by atoms with van der Waals surface area (Å²) in [6, 6.07) is 0. The van der Waals surface area contributed by atoms with E-state index in [-0.39, 0.29) is 18.6 Å². The summed E-state index contributed by atoms with van der Waals surface area (Å²) in [6.45, 7) is 2.34. The van der Waals surface area contributed by atoms with Crippen molar-refractivity contribution in [2.24, 2.45) is 11.8 Å². The Balaban J connectivity index is 2.15. The zero-order valence-corrected chi connectivity index (χ0v) is 11.0. The first-order valence-corrected chi connectivity index (χ1v) is 6.68. The van der Waals surface area contributed by atoms with Gasteiger partial charge in [0, 0.05) is 13.0 Å². The lowest BCUT2D eigenvalue weighted by Gasteiger charge is -2.27. The van der Waals surface area contributed by atoms with E-state index in [0.717, 1.165) is 18.8 Å². The summed E-state index contributed by atoms with van der Waals surface area (Å²) in [7, 11) is 1.53. The highest BCUT2D eigenvalue weighted by Gasteiger charge is 2.25. The molecule has 0 bridgehead atoms. The summed E-state index contributed by atoms with van der Waals surface area (Å²) in [4.78, 5) is 16.6. The van der Waals surface area contributed by atoms with Crippen LogP contribution in [-0.2, 0) is 14.4 Å². The first-order chi connectivity index (χ1) is 8.27. The lowest BCUT2D eigenvalue weighted by molar-refractivity contribution is -0.149. The standard InChI is InChI=1S/C13H25NO3/c1-3-4-5-11-6-8-12(9-7-11)13(15)14-17-10-16-2/h11-12H,3-10H2,1-2H3,(H,14,15). The number of hydrogen-bond acceptors (Lipinski definition) is 3. The van der Waals surface area contributed by atoms with Gasteiger partial charge in [0.2, 0.25) is 5.91 Å². The maximum absolute atomic E-state index is 11.7. The van der Waals surface area contributed by atoms with Crippen molar-refractivity contribution in [1.29, 1.82) is 0 Å². The molecule has 0 aromatic heterocycles. The fourth-order valence-corrected chi connectivity index (χ4v) is 2.45. The van der Waals surface area contributed by atoms with Crippen LogP contribution < -0.4 is 5.48 Å². The van der Waals surface area contributed by atoms with Crippen molar-refractivity contribution < 1.29 is 14.4 Å².